The second-order valence-corrected chi connectivity index (χ2v) is 6.51. The van der Waals surface area contributed by atoms with Crippen LogP contribution in [0.5, 0.6) is 0 Å². The largest absolute Gasteiger partial charge is 0.346 e. The lowest BCUT2D eigenvalue weighted by Gasteiger charge is -2.36. The number of nitrogens with zero attached hydrogens (tertiary/aromatic N) is 2. The summed E-state index contributed by atoms with van der Waals surface area (Å²) in [5, 5.41) is 3.89. The summed E-state index contributed by atoms with van der Waals surface area (Å²) < 4.78 is 13.0. The molecule has 0 saturated carbocycles. The van der Waals surface area contributed by atoms with E-state index in [-0.39, 0.29) is 5.82 Å². The maximum absolute atomic E-state index is 13.0. The second-order valence-electron chi connectivity index (χ2n) is 6.13. The molecule has 0 unspecified atom stereocenters. The SMILES string of the molecule is Cc1ccccc1CN1CCN(C(=S)Nc2ccc(F)cc2)CC1. The Morgan fingerprint density at radius 1 is 1.04 bits per heavy atom. The molecule has 1 fully saturated rings. The Labute approximate surface area is 148 Å². The highest BCUT2D eigenvalue weighted by atomic mass is 32.1. The van der Waals surface area contributed by atoms with Gasteiger partial charge in [0.25, 0.3) is 0 Å². The average molecular weight is 343 g/mol. The van der Waals surface area contributed by atoms with Gasteiger partial charge in [0.1, 0.15) is 5.82 Å². The fourth-order valence-corrected chi connectivity index (χ4v) is 3.17. The van der Waals surface area contributed by atoms with Gasteiger partial charge in [-0.1, -0.05) is 24.3 Å². The number of nitrogens with one attached hydrogen (secondary N) is 1. The summed E-state index contributed by atoms with van der Waals surface area (Å²) in [4.78, 5) is 4.63. The summed E-state index contributed by atoms with van der Waals surface area (Å²) in [6.45, 7) is 6.92. The van der Waals surface area contributed by atoms with Crippen molar-refractivity contribution in [1.29, 1.82) is 0 Å². The molecule has 5 heteroatoms. The molecule has 1 N–H and O–H groups in total. The molecular formula is C19H22FN3S. The number of anilines is 1. The van der Waals surface area contributed by atoms with Gasteiger partial charge in [0.15, 0.2) is 5.11 Å². The van der Waals surface area contributed by atoms with Crippen LogP contribution in [0.15, 0.2) is 48.5 Å². The van der Waals surface area contributed by atoms with Gasteiger partial charge in [-0.15, -0.1) is 0 Å². The Balaban J connectivity index is 1.50. The lowest BCUT2D eigenvalue weighted by Crippen LogP contribution is -2.49. The highest BCUT2D eigenvalue weighted by Gasteiger charge is 2.19. The molecule has 0 aromatic heterocycles. The van der Waals surface area contributed by atoms with E-state index in [1.807, 2.05) is 0 Å². The Bertz CT molecular complexity index is 694. The van der Waals surface area contributed by atoms with Crippen LogP contribution < -0.4 is 5.32 Å². The van der Waals surface area contributed by atoms with E-state index < -0.39 is 0 Å². The van der Waals surface area contributed by atoms with Crippen LogP contribution in [0.1, 0.15) is 11.1 Å². The third kappa shape index (κ3) is 4.30. The standard InChI is InChI=1S/C19H22FN3S/c1-15-4-2-3-5-16(15)14-22-10-12-23(13-11-22)19(24)21-18-8-6-17(20)7-9-18/h2-9H,10-14H2,1H3,(H,21,24). The molecule has 1 heterocycles. The van der Waals surface area contributed by atoms with Crippen molar-refractivity contribution in [3.63, 3.8) is 0 Å². The molecule has 0 bridgehead atoms. The summed E-state index contributed by atoms with van der Waals surface area (Å²) in [5.74, 6) is -0.240. The first-order valence-corrected chi connectivity index (χ1v) is 8.61. The number of hydrogen-bond acceptors (Lipinski definition) is 2. The predicted octanol–water partition coefficient (Wildman–Crippen LogP) is 3.65. The van der Waals surface area contributed by atoms with Gasteiger partial charge in [-0.25, -0.2) is 4.39 Å². The zero-order valence-electron chi connectivity index (χ0n) is 13.8. The van der Waals surface area contributed by atoms with Crippen molar-refractivity contribution in [2.24, 2.45) is 0 Å². The van der Waals surface area contributed by atoms with Gasteiger partial charge in [0, 0.05) is 38.4 Å². The van der Waals surface area contributed by atoms with Crippen molar-refractivity contribution >= 4 is 23.0 Å². The number of halogens is 1. The molecule has 3 nitrogen and oxygen atoms in total. The van der Waals surface area contributed by atoms with Gasteiger partial charge in [0.2, 0.25) is 0 Å². The molecule has 3 rings (SSSR count). The first-order valence-electron chi connectivity index (χ1n) is 8.20. The summed E-state index contributed by atoms with van der Waals surface area (Å²) >= 11 is 5.48. The van der Waals surface area contributed by atoms with E-state index in [4.69, 9.17) is 12.2 Å². The molecule has 126 valence electrons. The molecule has 0 aliphatic carbocycles. The fourth-order valence-electron chi connectivity index (χ4n) is 2.87. The molecule has 2 aromatic carbocycles. The van der Waals surface area contributed by atoms with Crippen LogP contribution in [0.3, 0.4) is 0 Å². The summed E-state index contributed by atoms with van der Waals surface area (Å²) in [6, 6.07) is 14.8. The van der Waals surface area contributed by atoms with Gasteiger partial charge >= 0.3 is 0 Å². The lowest BCUT2D eigenvalue weighted by atomic mass is 10.1. The minimum Gasteiger partial charge on any atom is -0.346 e. The van der Waals surface area contributed by atoms with Crippen LogP contribution in [-0.4, -0.2) is 41.1 Å². The summed E-state index contributed by atoms with van der Waals surface area (Å²) in [5.41, 5.74) is 3.55. The van der Waals surface area contributed by atoms with Crippen molar-refractivity contribution in [3.05, 3.63) is 65.5 Å². The topological polar surface area (TPSA) is 18.5 Å². The molecule has 2 aromatic rings. The quantitative estimate of drug-likeness (QED) is 0.857. The number of benzene rings is 2. The smallest absolute Gasteiger partial charge is 0.173 e. The number of piperazine rings is 1. The number of aryl methyl sites for hydroxylation is 1. The highest BCUT2D eigenvalue weighted by molar-refractivity contribution is 7.80. The molecule has 0 atom stereocenters. The van der Waals surface area contributed by atoms with Crippen LogP contribution in [0.2, 0.25) is 0 Å². The van der Waals surface area contributed by atoms with E-state index in [9.17, 15) is 4.39 Å². The predicted molar refractivity (Wildman–Crippen MR) is 101 cm³/mol. The zero-order valence-corrected chi connectivity index (χ0v) is 14.7. The number of rotatable bonds is 3. The Morgan fingerprint density at radius 3 is 2.38 bits per heavy atom. The zero-order chi connectivity index (χ0) is 16.9. The molecule has 0 spiro atoms. The minimum atomic E-state index is -0.240. The highest BCUT2D eigenvalue weighted by Crippen LogP contribution is 2.14. The van der Waals surface area contributed by atoms with E-state index in [0.717, 1.165) is 38.4 Å². The minimum absolute atomic E-state index is 0.240. The third-order valence-electron chi connectivity index (χ3n) is 4.41. The van der Waals surface area contributed by atoms with Crippen LogP contribution in [0.25, 0.3) is 0 Å². The Kier molecular flexibility index (Phi) is 5.43. The van der Waals surface area contributed by atoms with Crippen molar-refractivity contribution in [3.8, 4) is 0 Å². The van der Waals surface area contributed by atoms with Crippen LogP contribution in [0, 0.1) is 12.7 Å². The van der Waals surface area contributed by atoms with Gasteiger partial charge in [-0.05, 0) is 54.5 Å². The van der Waals surface area contributed by atoms with Crippen molar-refractivity contribution in [1.82, 2.24) is 9.80 Å². The van der Waals surface area contributed by atoms with E-state index in [2.05, 4.69) is 46.3 Å². The van der Waals surface area contributed by atoms with E-state index in [1.165, 1.54) is 23.3 Å². The fraction of sp³-hybridized carbons (Fsp3) is 0.316. The van der Waals surface area contributed by atoms with Gasteiger partial charge < -0.3 is 10.2 Å². The maximum atomic E-state index is 13.0. The molecule has 24 heavy (non-hydrogen) atoms. The van der Waals surface area contributed by atoms with E-state index in [1.54, 1.807) is 12.1 Å². The molecule has 0 amide bonds. The van der Waals surface area contributed by atoms with Crippen molar-refractivity contribution < 1.29 is 4.39 Å². The van der Waals surface area contributed by atoms with Gasteiger partial charge in [0.05, 0.1) is 0 Å². The van der Waals surface area contributed by atoms with Crippen LogP contribution >= 0.6 is 12.2 Å². The first kappa shape index (κ1) is 16.9. The second kappa shape index (κ2) is 7.73. The molecular weight excluding hydrogens is 321 g/mol. The summed E-state index contributed by atoms with van der Waals surface area (Å²) in [6.07, 6.45) is 0. The van der Waals surface area contributed by atoms with Gasteiger partial charge in [-0.2, -0.15) is 0 Å². The monoisotopic (exact) mass is 343 g/mol. The van der Waals surface area contributed by atoms with Crippen LogP contribution in [-0.2, 0) is 6.54 Å². The average Bonchev–Trinajstić information content (AvgIpc) is 2.59. The van der Waals surface area contributed by atoms with Crippen molar-refractivity contribution in [2.75, 3.05) is 31.5 Å². The Morgan fingerprint density at radius 2 is 1.71 bits per heavy atom. The van der Waals surface area contributed by atoms with Crippen molar-refractivity contribution in [2.45, 2.75) is 13.5 Å². The van der Waals surface area contributed by atoms with Crippen LogP contribution in [0.4, 0.5) is 10.1 Å². The van der Waals surface area contributed by atoms with E-state index >= 15 is 0 Å². The Hall–Kier alpha value is -1.98. The van der Waals surface area contributed by atoms with Gasteiger partial charge in [-0.3, -0.25) is 4.90 Å². The third-order valence-corrected chi connectivity index (χ3v) is 4.77. The lowest BCUT2D eigenvalue weighted by molar-refractivity contribution is 0.176. The first-order chi connectivity index (χ1) is 11.6. The molecule has 1 saturated heterocycles. The molecule has 1 aliphatic heterocycles. The normalized spacial score (nSPS) is 15.3. The number of thiocarbonyl (C=S) groups is 1. The summed E-state index contributed by atoms with van der Waals surface area (Å²) in [7, 11) is 0. The van der Waals surface area contributed by atoms with E-state index in [0.29, 0.717) is 5.11 Å². The molecule has 0 radical (unpaired) electrons. The molecule has 1 aliphatic rings. The maximum Gasteiger partial charge on any atom is 0.173 e. The number of hydrogen-bond donors (Lipinski definition) is 1.